The minimum atomic E-state index is -0.194. The zero-order chi connectivity index (χ0) is 17.9. The van der Waals surface area contributed by atoms with Crippen molar-refractivity contribution in [2.24, 2.45) is 0 Å². The third kappa shape index (κ3) is 4.02. The van der Waals surface area contributed by atoms with E-state index in [2.05, 4.69) is 91.7 Å². The average Bonchev–Trinajstić information content (AvgIpc) is 2.62. The Labute approximate surface area is 154 Å². The summed E-state index contributed by atoms with van der Waals surface area (Å²) in [6.45, 7) is 6.38. The van der Waals surface area contributed by atoms with Crippen LogP contribution < -0.4 is 9.92 Å². The summed E-state index contributed by atoms with van der Waals surface area (Å²) in [5.74, 6) is 0.885. The van der Waals surface area contributed by atoms with E-state index in [1.807, 2.05) is 12.1 Å². The molecular formula is C23H23OSi. The first-order chi connectivity index (χ1) is 12.0. The molecule has 0 saturated carbocycles. The summed E-state index contributed by atoms with van der Waals surface area (Å²) >= 11 is 0. The second kappa shape index (κ2) is 7.28. The van der Waals surface area contributed by atoms with Crippen LogP contribution in [0.25, 0.3) is 22.3 Å². The van der Waals surface area contributed by atoms with Crippen LogP contribution in [0.4, 0.5) is 0 Å². The third-order valence-electron chi connectivity index (χ3n) is 4.50. The van der Waals surface area contributed by atoms with Gasteiger partial charge in [0.25, 0.3) is 0 Å². The first-order valence-electron chi connectivity index (χ1n) is 8.69. The fourth-order valence-corrected chi connectivity index (χ4v) is 3.25. The van der Waals surface area contributed by atoms with Gasteiger partial charge in [-0.15, -0.1) is 0 Å². The Bertz CT molecular complexity index is 839. The lowest BCUT2D eigenvalue weighted by Gasteiger charge is -2.26. The van der Waals surface area contributed by atoms with E-state index in [4.69, 9.17) is 4.74 Å². The van der Waals surface area contributed by atoms with Crippen LogP contribution in [0.2, 0.25) is 0 Å². The zero-order valence-electron chi connectivity index (χ0n) is 15.0. The molecule has 3 aromatic rings. The molecule has 0 N–H and O–H groups in total. The highest BCUT2D eigenvalue weighted by molar-refractivity contribution is 6.37. The first-order valence-corrected chi connectivity index (χ1v) is 9.19. The summed E-state index contributed by atoms with van der Waals surface area (Å²) in [5, 5.41) is 1.04. The SMILES string of the molecule is CCC(C)(C)Oc1cc([Si])c(-c2ccccc2)c(-c2ccccc2)c1. The fourth-order valence-electron chi connectivity index (χ4n) is 2.83. The largest absolute Gasteiger partial charge is 0.488 e. The summed E-state index contributed by atoms with van der Waals surface area (Å²) in [7, 11) is 3.84. The predicted molar refractivity (Wildman–Crippen MR) is 108 cm³/mol. The van der Waals surface area contributed by atoms with E-state index < -0.39 is 0 Å². The third-order valence-corrected chi connectivity index (χ3v) is 4.90. The van der Waals surface area contributed by atoms with Gasteiger partial charge in [-0.2, -0.15) is 0 Å². The Morgan fingerprint density at radius 3 is 1.96 bits per heavy atom. The quantitative estimate of drug-likeness (QED) is 0.565. The number of ether oxygens (including phenoxy) is 1. The molecule has 125 valence electrons. The van der Waals surface area contributed by atoms with Gasteiger partial charge in [0.05, 0.1) is 10.2 Å². The maximum absolute atomic E-state index is 6.25. The molecule has 3 rings (SSSR count). The van der Waals surface area contributed by atoms with Gasteiger partial charge in [0.15, 0.2) is 0 Å². The molecule has 1 nitrogen and oxygen atoms in total. The summed E-state index contributed by atoms with van der Waals surface area (Å²) in [6.07, 6.45) is 0.950. The van der Waals surface area contributed by atoms with Crippen molar-refractivity contribution in [3.8, 4) is 28.0 Å². The van der Waals surface area contributed by atoms with Gasteiger partial charge in [0.2, 0.25) is 0 Å². The molecule has 25 heavy (non-hydrogen) atoms. The van der Waals surface area contributed by atoms with Crippen molar-refractivity contribution >= 4 is 15.4 Å². The molecule has 0 aliphatic carbocycles. The van der Waals surface area contributed by atoms with Crippen LogP contribution in [0.5, 0.6) is 5.75 Å². The highest BCUT2D eigenvalue weighted by Crippen LogP contribution is 2.34. The smallest absolute Gasteiger partial charge is 0.120 e. The van der Waals surface area contributed by atoms with Crippen molar-refractivity contribution in [3.05, 3.63) is 72.8 Å². The lowest BCUT2D eigenvalue weighted by Crippen LogP contribution is -2.27. The first kappa shape index (κ1) is 17.5. The van der Waals surface area contributed by atoms with Gasteiger partial charge in [-0.25, -0.2) is 0 Å². The molecule has 0 atom stereocenters. The van der Waals surface area contributed by atoms with Crippen molar-refractivity contribution in [1.29, 1.82) is 0 Å². The Morgan fingerprint density at radius 2 is 1.40 bits per heavy atom. The van der Waals surface area contributed by atoms with E-state index in [0.717, 1.165) is 17.4 Å². The molecule has 0 fully saturated rings. The minimum Gasteiger partial charge on any atom is -0.488 e. The van der Waals surface area contributed by atoms with Crippen LogP contribution in [-0.4, -0.2) is 15.8 Å². The van der Waals surface area contributed by atoms with Gasteiger partial charge in [-0.3, -0.25) is 0 Å². The average molecular weight is 344 g/mol. The van der Waals surface area contributed by atoms with Crippen molar-refractivity contribution < 1.29 is 4.74 Å². The van der Waals surface area contributed by atoms with Crippen LogP contribution >= 0.6 is 0 Å². The highest BCUT2D eigenvalue weighted by Gasteiger charge is 2.19. The molecule has 2 heteroatoms. The summed E-state index contributed by atoms with van der Waals surface area (Å²) < 4.78 is 6.25. The fraction of sp³-hybridized carbons (Fsp3) is 0.217. The molecule has 0 heterocycles. The Morgan fingerprint density at radius 1 is 0.840 bits per heavy atom. The maximum atomic E-state index is 6.25. The standard InChI is InChI=1S/C23H23OSi/c1-4-23(2,3)24-19-15-20(17-11-7-5-8-12-17)22(21(25)16-19)18-13-9-6-10-14-18/h5-16H,4H2,1-3H3. The lowest BCUT2D eigenvalue weighted by atomic mass is 9.94. The molecule has 0 saturated heterocycles. The Kier molecular flexibility index (Phi) is 5.10. The topological polar surface area (TPSA) is 9.23 Å². The number of hydrogen-bond acceptors (Lipinski definition) is 1. The lowest BCUT2D eigenvalue weighted by molar-refractivity contribution is 0.105. The van der Waals surface area contributed by atoms with Crippen LogP contribution in [0.1, 0.15) is 27.2 Å². The molecule has 0 aliphatic heterocycles. The van der Waals surface area contributed by atoms with Crippen LogP contribution in [0, 0.1) is 0 Å². The van der Waals surface area contributed by atoms with Gasteiger partial charge < -0.3 is 4.74 Å². The monoisotopic (exact) mass is 343 g/mol. The van der Waals surface area contributed by atoms with E-state index in [-0.39, 0.29) is 5.60 Å². The molecular weight excluding hydrogens is 320 g/mol. The molecule has 0 spiro atoms. The van der Waals surface area contributed by atoms with E-state index >= 15 is 0 Å². The number of hydrogen-bond donors (Lipinski definition) is 0. The van der Waals surface area contributed by atoms with Crippen molar-refractivity contribution in [1.82, 2.24) is 0 Å². The molecule has 0 unspecified atom stereocenters. The van der Waals surface area contributed by atoms with Crippen molar-refractivity contribution in [2.75, 3.05) is 0 Å². The normalized spacial score (nSPS) is 11.4. The summed E-state index contributed by atoms with van der Waals surface area (Å²) in [4.78, 5) is 0. The molecule has 0 aliphatic rings. The zero-order valence-corrected chi connectivity index (χ0v) is 16.0. The summed E-state index contributed by atoms with van der Waals surface area (Å²) in [6, 6.07) is 25.2. The second-order valence-corrected chi connectivity index (χ2v) is 7.38. The number of rotatable bonds is 5. The predicted octanol–water partition coefficient (Wildman–Crippen LogP) is 5.38. The Balaban J connectivity index is 2.18. The molecule has 0 bridgehead atoms. The molecule has 0 aromatic heterocycles. The van der Waals surface area contributed by atoms with Gasteiger partial charge in [0.1, 0.15) is 11.4 Å². The Hall–Kier alpha value is -2.32. The van der Waals surface area contributed by atoms with E-state index in [1.54, 1.807) is 0 Å². The van der Waals surface area contributed by atoms with Gasteiger partial charge >= 0.3 is 0 Å². The van der Waals surface area contributed by atoms with Crippen LogP contribution in [0.15, 0.2) is 72.8 Å². The summed E-state index contributed by atoms with van der Waals surface area (Å²) in [5.41, 5.74) is 4.53. The van der Waals surface area contributed by atoms with Crippen molar-refractivity contribution in [3.63, 3.8) is 0 Å². The van der Waals surface area contributed by atoms with Gasteiger partial charge in [-0.05, 0) is 54.7 Å². The highest BCUT2D eigenvalue weighted by atomic mass is 28.1. The number of benzene rings is 3. The van der Waals surface area contributed by atoms with Gasteiger partial charge in [-0.1, -0.05) is 72.8 Å². The van der Waals surface area contributed by atoms with E-state index in [0.29, 0.717) is 0 Å². The van der Waals surface area contributed by atoms with Crippen LogP contribution in [-0.2, 0) is 0 Å². The molecule has 3 aromatic carbocycles. The maximum Gasteiger partial charge on any atom is 0.120 e. The molecule has 0 amide bonds. The minimum absolute atomic E-state index is 0.194. The van der Waals surface area contributed by atoms with Crippen LogP contribution in [0.3, 0.4) is 0 Å². The van der Waals surface area contributed by atoms with Gasteiger partial charge in [0, 0.05) is 0 Å². The van der Waals surface area contributed by atoms with E-state index in [1.165, 1.54) is 22.3 Å². The van der Waals surface area contributed by atoms with Crippen molar-refractivity contribution in [2.45, 2.75) is 32.8 Å². The second-order valence-electron chi connectivity index (χ2n) is 6.84. The molecule has 3 radical (unpaired) electrons. The van der Waals surface area contributed by atoms with E-state index in [9.17, 15) is 0 Å².